The molecule has 3 rings (SSSR count). The molecule has 6 heteroatoms. The fourth-order valence-electron chi connectivity index (χ4n) is 3.66. The number of hydrogen-bond acceptors (Lipinski definition) is 3. The molecule has 0 unspecified atom stereocenters. The van der Waals surface area contributed by atoms with Crippen LogP contribution in [-0.4, -0.2) is 35.8 Å². The van der Waals surface area contributed by atoms with E-state index in [2.05, 4.69) is 10.6 Å². The minimum absolute atomic E-state index is 0.236. The highest BCUT2D eigenvalue weighted by Gasteiger charge is 2.49. The summed E-state index contributed by atoms with van der Waals surface area (Å²) in [6.45, 7) is 2.06. The maximum atomic E-state index is 12.7. The molecule has 1 aromatic carbocycles. The van der Waals surface area contributed by atoms with Gasteiger partial charge in [0.05, 0.1) is 0 Å². The van der Waals surface area contributed by atoms with E-state index in [0.29, 0.717) is 18.0 Å². The zero-order valence-electron chi connectivity index (χ0n) is 14.6. The van der Waals surface area contributed by atoms with Crippen LogP contribution in [-0.2, 0) is 15.1 Å². The van der Waals surface area contributed by atoms with E-state index in [1.54, 1.807) is 19.1 Å². The summed E-state index contributed by atoms with van der Waals surface area (Å²) >= 11 is 0. The van der Waals surface area contributed by atoms with Gasteiger partial charge >= 0.3 is 6.03 Å². The average Bonchev–Trinajstić information content (AvgIpc) is 2.86. The summed E-state index contributed by atoms with van der Waals surface area (Å²) in [6.07, 6.45) is 5.96. The number of hydrogen-bond donors (Lipinski definition) is 2. The van der Waals surface area contributed by atoms with Crippen molar-refractivity contribution in [2.75, 3.05) is 13.1 Å². The molecule has 0 radical (unpaired) electrons. The Hall–Kier alpha value is -2.37. The summed E-state index contributed by atoms with van der Waals surface area (Å²) < 4.78 is 0. The molecule has 1 saturated carbocycles. The van der Waals surface area contributed by atoms with E-state index < -0.39 is 17.5 Å². The molecule has 1 heterocycles. The largest absolute Gasteiger partial charge is 0.354 e. The van der Waals surface area contributed by atoms with E-state index in [4.69, 9.17) is 0 Å². The summed E-state index contributed by atoms with van der Waals surface area (Å²) in [6, 6.07) is 8.56. The lowest BCUT2D eigenvalue weighted by Crippen LogP contribution is -2.44. The summed E-state index contributed by atoms with van der Waals surface area (Å²) in [5, 5.41) is 5.59. The molecule has 4 amide bonds. The Labute approximate surface area is 148 Å². The third-order valence-electron chi connectivity index (χ3n) is 5.24. The van der Waals surface area contributed by atoms with Gasteiger partial charge in [0.15, 0.2) is 0 Å². The molecule has 0 aromatic heterocycles. The zero-order chi connectivity index (χ0) is 17.9. The first-order valence-corrected chi connectivity index (χ1v) is 8.97. The van der Waals surface area contributed by atoms with E-state index in [1.165, 1.54) is 19.3 Å². The van der Waals surface area contributed by atoms with Crippen molar-refractivity contribution in [3.63, 3.8) is 0 Å². The Balaban J connectivity index is 1.60. The average molecular weight is 343 g/mol. The SMILES string of the molecule is C[C@@]1(c2ccccc2)NC(=O)N(CC(=O)NCC2CCCCC2)C1=O. The highest BCUT2D eigenvalue weighted by atomic mass is 16.2. The first-order chi connectivity index (χ1) is 12.0. The highest BCUT2D eigenvalue weighted by molar-refractivity contribution is 6.09. The van der Waals surface area contributed by atoms with Crippen LogP contribution in [0.1, 0.15) is 44.6 Å². The van der Waals surface area contributed by atoms with Crippen LogP contribution in [0.2, 0.25) is 0 Å². The minimum Gasteiger partial charge on any atom is -0.354 e. The smallest absolute Gasteiger partial charge is 0.325 e. The van der Waals surface area contributed by atoms with Crippen molar-refractivity contribution in [3.8, 4) is 0 Å². The van der Waals surface area contributed by atoms with Crippen LogP contribution in [0.4, 0.5) is 4.79 Å². The van der Waals surface area contributed by atoms with Gasteiger partial charge in [0.1, 0.15) is 12.1 Å². The number of nitrogens with zero attached hydrogens (tertiary/aromatic N) is 1. The van der Waals surface area contributed by atoms with Gasteiger partial charge in [0.2, 0.25) is 5.91 Å². The molecule has 1 saturated heterocycles. The molecular formula is C19H25N3O3. The van der Waals surface area contributed by atoms with Crippen LogP contribution in [0.25, 0.3) is 0 Å². The molecular weight excluding hydrogens is 318 g/mol. The van der Waals surface area contributed by atoms with Gasteiger partial charge in [-0.25, -0.2) is 4.79 Å². The fourth-order valence-corrected chi connectivity index (χ4v) is 3.66. The number of nitrogens with one attached hydrogen (secondary N) is 2. The topological polar surface area (TPSA) is 78.5 Å². The molecule has 0 spiro atoms. The van der Waals surface area contributed by atoms with Crippen LogP contribution in [0.5, 0.6) is 0 Å². The molecule has 2 fully saturated rings. The molecule has 2 N–H and O–H groups in total. The van der Waals surface area contributed by atoms with Gasteiger partial charge in [0, 0.05) is 6.54 Å². The van der Waals surface area contributed by atoms with Crippen LogP contribution in [0.15, 0.2) is 30.3 Å². The van der Waals surface area contributed by atoms with Crippen molar-refractivity contribution >= 4 is 17.8 Å². The first-order valence-electron chi connectivity index (χ1n) is 8.97. The number of carbonyl (C=O) groups excluding carboxylic acids is 3. The number of imide groups is 1. The highest BCUT2D eigenvalue weighted by Crippen LogP contribution is 2.28. The summed E-state index contributed by atoms with van der Waals surface area (Å²) in [7, 11) is 0. The van der Waals surface area contributed by atoms with Crippen LogP contribution in [0.3, 0.4) is 0 Å². The molecule has 1 atom stereocenters. The normalized spacial score (nSPS) is 24.3. The molecule has 134 valence electrons. The number of amides is 4. The summed E-state index contributed by atoms with van der Waals surface area (Å²) in [4.78, 5) is 38.2. The van der Waals surface area contributed by atoms with E-state index in [9.17, 15) is 14.4 Å². The number of urea groups is 1. The van der Waals surface area contributed by atoms with Gasteiger partial charge in [-0.15, -0.1) is 0 Å². The van der Waals surface area contributed by atoms with Gasteiger partial charge in [-0.05, 0) is 31.2 Å². The molecule has 25 heavy (non-hydrogen) atoms. The van der Waals surface area contributed by atoms with E-state index in [0.717, 1.165) is 17.7 Å². The number of rotatable bonds is 5. The lowest BCUT2D eigenvalue weighted by molar-refractivity contribution is -0.134. The Kier molecular flexibility index (Phi) is 5.06. The monoisotopic (exact) mass is 343 g/mol. The van der Waals surface area contributed by atoms with Gasteiger partial charge in [-0.1, -0.05) is 49.6 Å². The van der Waals surface area contributed by atoms with E-state index in [-0.39, 0.29) is 12.5 Å². The summed E-state index contributed by atoms with van der Waals surface area (Å²) in [5.74, 6) is -0.168. The van der Waals surface area contributed by atoms with Gasteiger partial charge < -0.3 is 10.6 Å². The first kappa shape index (κ1) is 17.5. The minimum atomic E-state index is -1.12. The van der Waals surface area contributed by atoms with Crippen molar-refractivity contribution in [2.45, 2.75) is 44.6 Å². The maximum Gasteiger partial charge on any atom is 0.325 e. The lowest BCUT2D eigenvalue weighted by atomic mass is 9.89. The van der Waals surface area contributed by atoms with Gasteiger partial charge in [0.25, 0.3) is 5.91 Å². The van der Waals surface area contributed by atoms with E-state index in [1.807, 2.05) is 18.2 Å². The van der Waals surface area contributed by atoms with Gasteiger partial charge in [-0.2, -0.15) is 0 Å². The lowest BCUT2D eigenvalue weighted by Gasteiger charge is -2.23. The molecule has 1 aliphatic carbocycles. The molecule has 2 aliphatic rings. The number of carbonyl (C=O) groups is 3. The number of benzene rings is 1. The predicted molar refractivity (Wildman–Crippen MR) is 93.6 cm³/mol. The van der Waals surface area contributed by atoms with Crippen molar-refractivity contribution < 1.29 is 14.4 Å². The molecule has 0 bridgehead atoms. The quantitative estimate of drug-likeness (QED) is 0.804. The Morgan fingerprint density at radius 3 is 2.56 bits per heavy atom. The summed E-state index contributed by atoms with van der Waals surface area (Å²) in [5.41, 5.74) is -0.416. The molecule has 1 aromatic rings. The Bertz CT molecular complexity index is 655. The Morgan fingerprint density at radius 1 is 1.20 bits per heavy atom. The van der Waals surface area contributed by atoms with Crippen LogP contribution >= 0.6 is 0 Å². The van der Waals surface area contributed by atoms with E-state index >= 15 is 0 Å². The fraction of sp³-hybridized carbons (Fsp3) is 0.526. The van der Waals surface area contributed by atoms with Crippen LogP contribution < -0.4 is 10.6 Å². The second kappa shape index (κ2) is 7.25. The molecule has 1 aliphatic heterocycles. The van der Waals surface area contributed by atoms with Crippen molar-refractivity contribution in [2.24, 2.45) is 5.92 Å². The van der Waals surface area contributed by atoms with Crippen molar-refractivity contribution in [1.82, 2.24) is 15.5 Å². The third-order valence-corrected chi connectivity index (χ3v) is 5.24. The third kappa shape index (κ3) is 3.67. The maximum absolute atomic E-state index is 12.7. The standard InChI is InChI=1S/C19H25N3O3/c1-19(15-10-6-3-7-11-15)17(24)22(18(25)21-19)13-16(23)20-12-14-8-4-2-5-9-14/h3,6-7,10-11,14H,2,4-5,8-9,12-13H2,1H3,(H,20,23)(H,21,25)/t19-/m0/s1. The van der Waals surface area contributed by atoms with Crippen molar-refractivity contribution in [3.05, 3.63) is 35.9 Å². The predicted octanol–water partition coefficient (Wildman–Crippen LogP) is 2.15. The zero-order valence-corrected chi connectivity index (χ0v) is 14.6. The van der Waals surface area contributed by atoms with Crippen molar-refractivity contribution in [1.29, 1.82) is 0 Å². The second-order valence-electron chi connectivity index (χ2n) is 7.12. The molecule has 6 nitrogen and oxygen atoms in total. The van der Waals surface area contributed by atoms with Crippen LogP contribution in [0, 0.1) is 5.92 Å². The Morgan fingerprint density at radius 2 is 1.88 bits per heavy atom. The second-order valence-corrected chi connectivity index (χ2v) is 7.12. The van der Waals surface area contributed by atoms with Gasteiger partial charge in [-0.3, -0.25) is 14.5 Å².